The molecular formula is C23H31ClN2O3. The van der Waals surface area contributed by atoms with E-state index in [2.05, 4.69) is 19.2 Å². The zero-order chi connectivity index (χ0) is 21.7. The Bertz CT molecular complexity index is 869. The van der Waals surface area contributed by atoms with E-state index < -0.39 is 0 Å². The Labute approximate surface area is 178 Å². The van der Waals surface area contributed by atoms with Gasteiger partial charge in [0.15, 0.2) is 5.69 Å². The molecule has 0 spiro atoms. The number of carbonyl (C=O) groups is 1. The Morgan fingerprint density at radius 3 is 2.28 bits per heavy atom. The number of benzene rings is 1. The number of nitrogens with one attached hydrogen (secondary N) is 1. The molecule has 0 saturated heterocycles. The molecule has 1 aromatic heterocycles. The van der Waals surface area contributed by atoms with E-state index in [0.717, 1.165) is 40.8 Å². The molecule has 0 atom stereocenters. The molecule has 0 radical (unpaired) electrons. The van der Waals surface area contributed by atoms with Gasteiger partial charge < -0.3 is 15.3 Å². The van der Waals surface area contributed by atoms with Crippen LogP contribution in [0.4, 0.5) is 5.69 Å². The molecule has 0 unspecified atom stereocenters. The van der Waals surface area contributed by atoms with E-state index in [0.29, 0.717) is 34.7 Å². The Hall–Kier alpha value is -2.27. The third-order valence-electron chi connectivity index (χ3n) is 5.02. The third-order valence-corrected chi connectivity index (χ3v) is 5.24. The standard InChI is InChI=1S/C23H31ClN2O3/c1-7-17-12-19(24)13-18(8-2)22(17)25-23(27)21-16(6)26(28)15(5)11-20(21)29-10-9-14(3)4/h11-14H,7-10H2,1-6H3,(H,25,27). The number of anilines is 1. The van der Waals surface area contributed by atoms with Crippen molar-refractivity contribution in [3.8, 4) is 5.75 Å². The summed E-state index contributed by atoms with van der Waals surface area (Å²) in [6.07, 6.45) is 2.33. The molecule has 0 saturated carbocycles. The predicted molar refractivity (Wildman–Crippen MR) is 118 cm³/mol. The highest BCUT2D eigenvalue weighted by Gasteiger charge is 2.25. The number of halogens is 1. The molecule has 1 heterocycles. The Kier molecular flexibility index (Phi) is 7.91. The average molecular weight is 419 g/mol. The smallest absolute Gasteiger partial charge is 0.265 e. The highest BCUT2D eigenvalue weighted by atomic mass is 35.5. The van der Waals surface area contributed by atoms with Crippen molar-refractivity contribution in [2.24, 2.45) is 5.92 Å². The molecule has 0 aliphatic rings. The van der Waals surface area contributed by atoms with Crippen LogP contribution in [0.1, 0.15) is 67.0 Å². The molecule has 5 nitrogen and oxygen atoms in total. The molecule has 6 heteroatoms. The van der Waals surface area contributed by atoms with Crippen molar-refractivity contribution in [3.05, 3.63) is 56.5 Å². The fourth-order valence-electron chi connectivity index (χ4n) is 3.28. The first-order valence-corrected chi connectivity index (χ1v) is 10.6. The summed E-state index contributed by atoms with van der Waals surface area (Å²) in [5, 5.41) is 16.1. The van der Waals surface area contributed by atoms with Crippen LogP contribution in [0.15, 0.2) is 18.2 Å². The zero-order valence-corrected chi connectivity index (χ0v) is 18.9. The van der Waals surface area contributed by atoms with Gasteiger partial charge in [-0.3, -0.25) is 4.79 Å². The number of nitrogens with zero attached hydrogens (tertiary/aromatic N) is 1. The van der Waals surface area contributed by atoms with Gasteiger partial charge in [0.05, 0.1) is 6.61 Å². The molecule has 0 fully saturated rings. The first kappa shape index (κ1) is 23.0. The van der Waals surface area contributed by atoms with Gasteiger partial charge in [0.1, 0.15) is 11.3 Å². The first-order valence-electron chi connectivity index (χ1n) is 10.2. The van der Waals surface area contributed by atoms with Crippen molar-refractivity contribution in [2.45, 2.75) is 60.8 Å². The number of hydrogen-bond donors (Lipinski definition) is 1. The number of aromatic nitrogens is 1. The molecule has 2 rings (SSSR count). The predicted octanol–water partition coefficient (Wildman–Crippen LogP) is 5.39. The second-order valence-electron chi connectivity index (χ2n) is 7.70. The number of pyridine rings is 1. The molecule has 0 bridgehead atoms. The van der Waals surface area contributed by atoms with Gasteiger partial charge in [-0.15, -0.1) is 0 Å². The van der Waals surface area contributed by atoms with Crippen LogP contribution in [0.5, 0.6) is 5.75 Å². The average Bonchev–Trinajstić information content (AvgIpc) is 2.66. The normalized spacial score (nSPS) is 11.0. The lowest BCUT2D eigenvalue weighted by Crippen LogP contribution is -2.37. The summed E-state index contributed by atoms with van der Waals surface area (Å²) in [5.41, 5.74) is 3.78. The van der Waals surface area contributed by atoms with Gasteiger partial charge in [0.2, 0.25) is 5.69 Å². The van der Waals surface area contributed by atoms with Crippen LogP contribution < -0.4 is 14.8 Å². The molecule has 158 valence electrons. The maximum atomic E-state index is 13.3. The molecule has 29 heavy (non-hydrogen) atoms. The van der Waals surface area contributed by atoms with Gasteiger partial charge in [0.25, 0.3) is 5.91 Å². The van der Waals surface area contributed by atoms with E-state index >= 15 is 0 Å². The first-order chi connectivity index (χ1) is 13.7. The number of hydrogen-bond acceptors (Lipinski definition) is 3. The largest absolute Gasteiger partial charge is 0.618 e. The van der Waals surface area contributed by atoms with E-state index in [1.165, 1.54) is 0 Å². The minimum Gasteiger partial charge on any atom is -0.618 e. The molecule has 0 aliphatic carbocycles. The number of carbonyl (C=O) groups excluding carboxylic acids is 1. The van der Waals surface area contributed by atoms with Crippen molar-refractivity contribution in [1.29, 1.82) is 0 Å². The van der Waals surface area contributed by atoms with Gasteiger partial charge in [-0.1, -0.05) is 39.3 Å². The van der Waals surface area contributed by atoms with Gasteiger partial charge in [0, 0.05) is 30.6 Å². The van der Waals surface area contributed by atoms with Gasteiger partial charge >= 0.3 is 0 Å². The fraction of sp³-hybridized carbons (Fsp3) is 0.478. The highest BCUT2D eigenvalue weighted by molar-refractivity contribution is 6.30. The van der Waals surface area contributed by atoms with Crippen molar-refractivity contribution < 1.29 is 14.3 Å². The lowest BCUT2D eigenvalue weighted by molar-refractivity contribution is -0.619. The summed E-state index contributed by atoms with van der Waals surface area (Å²) < 4.78 is 6.69. The number of amides is 1. The molecule has 1 N–H and O–H groups in total. The quantitative estimate of drug-likeness (QED) is 0.461. The summed E-state index contributed by atoms with van der Waals surface area (Å²) in [6, 6.07) is 5.37. The maximum Gasteiger partial charge on any atom is 0.265 e. The Morgan fingerprint density at radius 1 is 1.17 bits per heavy atom. The van der Waals surface area contributed by atoms with E-state index in [9.17, 15) is 10.0 Å². The van der Waals surface area contributed by atoms with Crippen molar-refractivity contribution in [1.82, 2.24) is 0 Å². The maximum absolute atomic E-state index is 13.3. The molecule has 2 aromatic rings. The van der Waals surface area contributed by atoms with Gasteiger partial charge in [-0.05, 0) is 48.4 Å². The Balaban J connectivity index is 2.46. The summed E-state index contributed by atoms with van der Waals surface area (Å²) in [4.78, 5) is 13.3. The molecule has 0 aliphatic heterocycles. The van der Waals surface area contributed by atoms with E-state index in [1.807, 2.05) is 26.0 Å². The van der Waals surface area contributed by atoms with Crippen LogP contribution >= 0.6 is 11.6 Å². The second-order valence-corrected chi connectivity index (χ2v) is 8.13. The fourth-order valence-corrected chi connectivity index (χ4v) is 3.54. The lowest BCUT2D eigenvalue weighted by atomic mass is 10.0. The van der Waals surface area contributed by atoms with Crippen LogP contribution in [0.25, 0.3) is 0 Å². The summed E-state index contributed by atoms with van der Waals surface area (Å²) >= 11 is 6.23. The van der Waals surface area contributed by atoms with Crippen molar-refractivity contribution >= 4 is 23.2 Å². The van der Waals surface area contributed by atoms with E-state index in [1.54, 1.807) is 19.9 Å². The van der Waals surface area contributed by atoms with Crippen molar-refractivity contribution in [2.75, 3.05) is 11.9 Å². The lowest BCUT2D eigenvalue weighted by Gasteiger charge is -2.18. The summed E-state index contributed by atoms with van der Waals surface area (Å²) in [6.45, 7) is 12.1. The van der Waals surface area contributed by atoms with Gasteiger partial charge in [-0.25, -0.2) is 0 Å². The number of aryl methyl sites for hydroxylation is 3. The molecule has 1 aromatic carbocycles. The third kappa shape index (κ3) is 5.41. The number of ether oxygens (including phenoxy) is 1. The van der Waals surface area contributed by atoms with Crippen LogP contribution in [-0.4, -0.2) is 12.5 Å². The molecular weight excluding hydrogens is 388 g/mol. The second kappa shape index (κ2) is 9.97. The van der Waals surface area contributed by atoms with E-state index in [-0.39, 0.29) is 11.5 Å². The van der Waals surface area contributed by atoms with Crippen LogP contribution in [0.3, 0.4) is 0 Å². The molecule has 1 amide bonds. The zero-order valence-electron chi connectivity index (χ0n) is 18.2. The summed E-state index contributed by atoms with van der Waals surface area (Å²) in [5.74, 6) is 0.574. The van der Waals surface area contributed by atoms with Crippen LogP contribution in [0.2, 0.25) is 5.02 Å². The minimum absolute atomic E-state index is 0.272. The van der Waals surface area contributed by atoms with E-state index in [4.69, 9.17) is 16.3 Å². The van der Waals surface area contributed by atoms with Crippen LogP contribution in [-0.2, 0) is 12.8 Å². The topological polar surface area (TPSA) is 65.3 Å². The van der Waals surface area contributed by atoms with Crippen molar-refractivity contribution in [3.63, 3.8) is 0 Å². The Morgan fingerprint density at radius 2 is 1.76 bits per heavy atom. The SMILES string of the molecule is CCc1cc(Cl)cc(CC)c1NC(=O)c1c(OCCC(C)C)cc(C)[n+]([O-])c1C. The minimum atomic E-state index is -0.349. The summed E-state index contributed by atoms with van der Waals surface area (Å²) in [7, 11) is 0. The monoisotopic (exact) mass is 418 g/mol. The number of rotatable bonds is 8. The van der Waals surface area contributed by atoms with Gasteiger partial charge in [-0.2, -0.15) is 4.73 Å². The highest BCUT2D eigenvalue weighted by Crippen LogP contribution is 2.29. The van der Waals surface area contributed by atoms with Crippen LogP contribution in [0, 0.1) is 25.0 Å².